The molecule has 0 bridgehead atoms. The molecule has 0 atom stereocenters. The fourth-order valence-corrected chi connectivity index (χ4v) is 4.37. The Morgan fingerprint density at radius 1 is 1.06 bits per heavy atom. The monoisotopic (exact) mass is 502 g/mol. The second-order valence-corrected chi connectivity index (χ2v) is 8.27. The second-order valence-electron chi connectivity index (χ2n) is 7.91. The average Bonchev–Trinajstić information content (AvgIpc) is 3.61. The smallest absolute Gasteiger partial charge is 0.345 e. The number of halogens is 1. The number of benzene rings is 2. The number of aryl methyl sites for hydroxylation is 1. The first kappa shape index (κ1) is 25.7. The minimum atomic E-state index is -0.474. The minimum absolute atomic E-state index is 0. The number of tetrazole rings is 1. The van der Waals surface area contributed by atoms with Crippen molar-refractivity contribution < 1.29 is 60.9 Å². The fourth-order valence-electron chi connectivity index (χ4n) is 4.08. The molecule has 0 N–H and O–H groups in total. The number of hydrogen-bond donors (Lipinski definition) is 0. The van der Waals surface area contributed by atoms with Crippen molar-refractivity contribution in [3.8, 4) is 22.5 Å². The van der Waals surface area contributed by atoms with Gasteiger partial charge in [0.15, 0.2) is 5.15 Å². The van der Waals surface area contributed by atoms with E-state index >= 15 is 0 Å². The summed E-state index contributed by atoms with van der Waals surface area (Å²) in [6, 6.07) is 16.4. The van der Waals surface area contributed by atoms with Crippen molar-refractivity contribution in [2.75, 3.05) is 13.2 Å². The van der Waals surface area contributed by atoms with Crippen LogP contribution in [0.2, 0.25) is 5.15 Å². The molecule has 1 aliphatic rings. The van der Waals surface area contributed by atoms with Crippen molar-refractivity contribution >= 4 is 11.6 Å². The van der Waals surface area contributed by atoms with Gasteiger partial charge in [-0.25, -0.2) is 10.1 Å². The maximum absolute atomic E-state index is 6.53. The number of imidazole rings is 1. The summed E-state index contributed by atoms with van der Waals surface area (Å²) in [5, 5.41) is 15.7. The quantitative estimate of drug-likeness (QED) is 0.337. The molecule has 34 heavy (non-hydrogen) atoms. The summed E-state index contributed by atoms with van der Waals surface area (Å²) in [7, 11) is 0. The van der Waals surface area contributed by atoms with Crippen LogP contribution in [0.3, 0.4) is 0 Å². The maximum Gasteiger partial charge on any atom is 1.00 e. The summed E-state index contributed by atoms with van der Waals surface area (Å²) in [5.41, 5.74) is 4.92. The van der Waals surface area contributed by atoms with E-state index < -0.39 is 6.29 Å². The first-order chi connectivity index (χ1) is 16.2. The Bertz CT molecular complexity index is 1210. The molecule has 1 aliphatic heterocycles. The Morgan fingerprint density at radius 3 is 2.47 bits per heavy atom. The van der Waals surface area contributed by atoms with E-state index in [1.54, 1.807) is 0 Å². The van der Waals surface area contributed by atoms with Crippen LogP contribution in [0.15, 0.2) is 48.5 Å². The van der Waals surface area contributed by atoms with E-state index in [-0.39, 0.29) is 51.4 Å². The molecule has 3 heterocycles. The standard InChI is InChI=1S/C24H24ClN6O2.K/c1-2-3-8-20-26-22(25)21(24-32-13-14-33-24)31(20)15-16-9-11-17(12-10-16)18-6-4-5-7-19(18)23-27-29-30-28-23;/h4-7,9-12,24H,2-3,8,13-15H2,1H3;/q-1;+1. The molecule has 4 aromatic rings. The Balaban J connectivity index is 0.00000274. The first-order valence-electron chi connectivity index (χ1n) is 11.1. The van der Waals surface area contributed by atoms with E-state index in [1.165, 1.54) is 0 Å². The van der Waals surface area contributed by atoms with Gasteiger partial charge in [-0.3, -0.25) is 10.4 Å². The van der Waals surface area contributed by atoms with E-state index in [0.29, 0.717) is 30.7 Å². The van der Waals surface area contributed by atoms with Gasteiger partial charge in [0.25, 0.3) is 0 Å². The third kappa shape index (κ3) is 5.52. The molecular weight excluding hydrogens is 479 g/mol. The third-order valence-electron chi connectivity index (χ3n) is 5.73. The normalized spacial score (nSPS) is 13.8. The van der Waals surface area contributed by atoms with Crippen LogP contribution >= 0.6 is 11.6 Å². The fraction of sp³-hybridized carbons (Fsp3) is 0.333. The van der Waals surface area contributed by atoms with Crippen LogP contribution in [0.5, 0.6) is 0 Å². The number of aromatic nitrogens is 6. The molecule has 0 radical (unpaired) electrons. The van der Waals surface area contributed by atoms with Crippen molar-refractivity contribution in [1.82, 2.24) is 30.2 Å². The molecule has 0 saturated carbocycles. The average molecular weight is 503 g/mol. The first-order valence-corrected chi connectivity index (χ1v) is 11.5. The van der Waals surface area contributed by atoms with E-state index in [2.05, 4.69) is 61.4 Å². The van der Waals surface area contributed by atoms with Crippen LogP contribution < -0.4 is 56.6 Å². The Kier molecular flexibility index (Phi) is 9.06. The zero-order valence-corrected chi connectivity index (χ0v) is 23.2. The van der Waals surface area contributed by atoms with Crippen LogP contribution in [-0.2, 0) is 22.4 Å². The minimum Gasteiger partial charge on any atom is -0.345 e. The molecule has 0 amide bonds. The van der Waals surface area contributed by atoms with Gasteiger partial charge in [0.2, 0.25) is 6.29 Å². The van der Waals surface area contributed by atoms with Gasteiger partial charge < -0.3 is 19.1 Å². The van der Waals surface area contributed by atoms with Gasteiger partial charge in [0.05, 0.1) is 19.0 Å². The zero-order chi connectivity index (χ0) is 22.6. The van der Waals surface area contributed by atoms with E-state index in [4.69, 9.17) is 21.1 Å². The molecule has 2 aromatic carbocycles. The SMILES string of the molecule is CCCCc1nc(Cl)c(C2OCCO2)n1Cc1ccc(-c2ccccc2-c2nn[n-]n2)cc1.[K+]. The number of ether oxygens (including phenoxy) is 2. The molecule has 1 saturated heterocycles. The van der Waals surface area contributed by atoms with Gasteiger partial charge in [-0.1, -0.05) is 73.5 Å². The van der Waals surface area contributed by atoms with Crippen LogP contribution in [0, 0.1) is 0 Å². The van der Waals surface area contributed by atoms with Gasteiger partial charge in [-0.15, -0.1) is 0 Å². The van der Waals surface area contributed by atoms with E-state index in [1.807, 2.05) is 24.3 Å². The topological polar surface area (TPSA) is 89.0 Å². The molecular formula is C24H24ClKN6O2. The summed E-state index contributed by atoms with van der Waals surface area (Å²) in [6.45, 7) is 3.92. The van der Waals surface area contributed by atoms with Gasteiger partial charge in [0, 0.05) is 18.5 Å². The number of rotatable bonds is 8. The molecule has 8 nitrogen and oxygen atoms in total. The molecule has 10 heteroatoms. The summed E-state index contributed by atoms with van der Waals surface area (Å²) in [5.74, 6) is 1.48. The molecule has 0 spiro atoms. The molecule has 2 aromatic heterocycles. The van der Waals surface area contributed by atoms with Gasteiger partial charge >= 0.3 is 51.4 Å². The van der Waals surface area contributed by atoms with Crippen LogP contribution in [-0.4, -0.2) is 38.2 Å². The largest absolute Gasteiger partial charge is 1.00 e. The van der Waals surface area contributed by atoms with Gasteiger partial charge in [-0.2, -0.15) is 0 Å². The van der Waals surface area contributed by atoms with Crippen molar-refractivity contribution in [1.29, 1.82) is 0 Å². The predicted molar refractivity (Wildman–Crippen MR) is 124 cm³/mol. The predicted octanol–water partition coefficient (Wildman–Crippen LogP) is 1.45. The number of unbranched alkanes of at least 4 members (excludes halogenated alkanes) is 1. The van der Waals surface area contributed by atoms with Crippen LogP contribution in [0.25, 0.3) is 22.5 Å². The molecule has 0 unspecified atom stereocenters. The van der Waals surface area contributed by atoms with E-state index in [9.17, 15) is 0 Å². The summed E-state index contributed by atoms with van der Waals surface area (Å²) >= 11 is 6.53. The second kappa shape index (κ2) is 12.0. The number of hydrogen-bond acceptors (Lipinski definition) is 6. The third-order valence-corrected chi connectivity index (χ3v) is 6.01. The Hall–Kier alpha value is -1.43. The van der Waals surface area contributed by atoms with E-state index in [0.717, 1.165) is 53.0 Å². The summed E-state index contributed by atoms with van der Waals surface area (Å²) in [4.78, 5) is 4.64. The maximum atomic E-state index is 6.53. The molecule has 170 valence electrons. The van der Waals surface area contributed by atoms with Gasteiger partial charge in [-0.05, 0) is 23.1 Å². The van der Waals surface area contributed by atoms with Crippen molar-refractivity contribution in [3.05, 3.63) is 70.8 Å². The number of nitrogens with zero attached hydrogens (tertiary/aromatic N) is 6. The van der Waals surface area contributed by atoms with Crippen LogP contribution in [0.1, 0.15) is 43.1 Å². The Morgan fingerprint density at radius 2 is 1.79 bits per heavy atom. The summed E-state index contributed by atoms with van der Waals surface area (Å²) in [6.07, 6.45) is 2.51. The van der Waals surface area contributed by atoms with Crippen LogP contribution in [0.4, 0.5) is 0 Å². The Labute approximate surface area is 245 Å². The molecule has 1 fully saturated rings. The zero-order valence-electron chi connectivity index (χ0n) is 19.3. The van der Waals surface area contributed by atoms with Gasteiger partial charge in [0.1, 0.15) is 11.5 Å². The van der Waals surface area contributed by atoms with Crippen molar-refractivity contribution in [2.24, 2.45) is 0 Å². The van der Waals surface area contributed by atoms with Crippen molar-refractivity contribution in [3.63, 3.8) is 0 Å². The molecule has 5 rings (SSSR count). The molecule has 0 aliphatic carbocycles. The summed E-state index contributed by atoms with van der Waals surface area (Å²) < 4.78 is 13.6. The van der Waals surface area contributed by atoms with Crippen molar-refractivity contribution in [2.45, 2.75) is 39.0 Å².